The van der Waals surface area contributed by atoms with Crippen LogP contribution in [0.25, 0.3) is 22.0 Å². The van der Waals surface area contributed by atoms with Crippen LogP contribution in [0.2, 0.25) is 0 Å². The second-order valence-electron chi connectivity index (χ2n) is 6.63. The summed E-state index contributed by atoms with van der Waals surface area (Å²) in [6.07, 6.45) is 6.34. The molecule has 0 amide bonds. The summed E-state index contributed by atoms with van der Waals surface area (Å²) in [5, 5.41) is 17.5. The quantitative estimate of drug-likeness (QED) is 0.708. The summed E-state index contributed by atoms with van der Waals surface area (Å²) >= 11 is 1.66. The van der Waals surface area contributed by atoms with Crippen molar-refractivity contribution in [2.45, 2.75) is 51.6 Å². The molecule has 7 nitrogen and oxygen atoms in total. The molecule has 0 unspecified atom stereocenters. The third kappa shape index (κ3) is 3.46. The number of hydrogen-bond acceptors (Lipinski definition) is 6. The number of aromatic nitrogens is 6. The number of aryl methyl sites for hydroxylation is 2. The Balaban J connectivity index is 1.60. The minimum Gasteiger partial charge on any atom is -0.254 e. The SMILES string of the molecule is CCn1nnnc1-c1ccc(-c2nn(C)/c(=N/C3CCCCC3)s2)cc1. The summed E-state index contributed by atoms with van der Waals surface area (Å²) in [7, 11) is 1.98. The van der Waals surface area contributed by atoms with Gasteiger partial charge in [-0.15, -0.1) is 5.10 Å². The Bertz CT molecular complexity index is 929. The third-order valence-corrected chi connectivity index (χ3v) is 5.86. The monoisotopic (exact) mass is 369 g/mol. The summed E-state index contributed by atoms with van der Waals surface area (Å²) in [6.45, 7) is 2.78. The lowest BCUT2D eigenvalue weighted by atomic mass is 9.96. The highest BCUT2D eigenvalue weighted by Gasteiger charge is 2.13. The summed E-state index contributed by atoms with van der Waals surface area (Å²) in [5.41, 5.74) is 2.10. The third-order valence-electron chi connectivity index (χ3n) is 4.79. The van der Waals surface area contributed by atoms with E-state index in [4.69, 9.17) is 4.99 Å². The molecule has 1 aliphatic rings. The summed E-state index contributed by atoms with van der Waals surface area (Å²) in [4.78, 5) is 5.94. The largest absolute Gasteiger partial charge is 0.254 e. The van der Waals surface area contributed by atoms with Gasteiger partial charge in [0.25, 0.3) is 0 Å². The van der Waals surface area contributed by atoms with Gasteiger partial charge in [-0.2, -0.15) is 5.10 Å². The van der Waals surface area contributed by atoms with E-state index in [1.54, 1.807) is 16.0 Å². The van der Waals surface area contributed by atoms with E-state index in [0.717, 1.165) is 33.3 Å². The molecule has 1 aromatic carbocycles. The van der Waals surface area contributed by atoms with Crippen molar-refractivity contribution in [2.24, 2.45) is 12.0 Å². The first-order valence-electron chi connectivity index (χ1n) is 9.19. The zero-order chi connectivity index (χ0) is 17.9. The molecule has 0 spiro atoms. The van der Waals surface area contributed by atoms with Crippen LogP contribution in [0.1, 0.15) is 39.0 Å². The Morgan fingerprint density at radius 1 is 1.12 bits per heavy atom. The Morgan fingerprint density at radius 3 is 2.58 bits per heavy atom. The standard InChI is InChI=1S/C18H23N7S/c1-3-25-16(20-22-23-25)13-9-11-14(12-10-13)17-21-24(2)18(26-17)19-15-7-5-4-6-8-15/h9-12,15H,3-8H2,1-2H3/b19-18-. The second-order valence-corrected chi connectivity index (χ2v) is 7.59. The molecule has 1 saturated carbocycles. The minimum atomic E-state index is 0.457. The van der Waals surface area contributed by atoms with Gasteiger partial charge in [-0.25, -0.2) is 9.36 Å². The Labute approximate surface area is 156 Å². The zero-order valence-corrected chi connectivity index (χ0v) is 16.0. The fraction of sp³-hybridized carbons (Fsp3) is 0.500. The van der Waals surface area contributed by atoms with Crippen LogP contribution in [0.15, 0.2) is 29.3 Å². The molecule has 136 valence electrons. The highest BCUT2D eigenvalue weighted by molar-refractivity contribution is 7.12. The normalized spacial score (nSPS) is 16.3. The number of rotatable bonds is 4. The van der Waals surface area contributed by atoms with Crippen LogP contribution in [0.3, 0.4) is 0 Å². The maximum absolute atomic E-state index is 4.93. The van der Waals surface area contributed by atoms with Crippen LogP contribution in [0.4, 0.5) is 0 Å². The lowest BCUT2D eigenvalue weighted by Gasteiger charge is -2.16. The first kappa shape index (κ1) is 17.1. The molecule has 2 heterocycles. The average Bonchev–Trinajstić information content (AvgIpc) is 3.30. The molecule has 0 bridgehead atoms. The summed E-state index contributed by atoms with van der Waals surface area (Å²) < 4.78 is 3.69. The lowest BCUT2D eigenvalue weighted by molar-refractivity contribution is 0.434. The van der Waals surface area contributed by atoms with E-state index < -0.39 is 0 Å². The molecule has 2 aromatic heterocycles. The number of hydrogen-bond donors (Lipinski definition) is 0. The van der Waals surface area contributed by atoms with Gasteiger partial charge < -0.3 is 0 Å². The molecular formula is C18H23N7S. The molecule has 4 rings (SSSR count). The highest BCUT2D eigenvalue weighted by atomic mass is 32.1. The number of nitrogens with zero attached hydrogens (tertiary/aromatic N) is 7. The molecule has 1 fully saturated rings. The van der Waals surface area contributed by atoms with E-state index in [-0.39, 0.29) is 0 Å². The molecule has 0 atom stereocenters. The molecule has 8 heteroatoms. The van der Waals surface area contributed by atoms with Gasteiger partial charge in [0.15, 0.2) is 5.82 Å². The molecule has 0 aliphatic heterocycles. The van der Waals surface area contributed by atoms with Crippen molar-refractivity contribution in [3.05, 3.63) is 29.1 Å². The van der Waals surface area contributed by atoms with Gasteiger partial charge in [0.1, 0.15) is 5.01 Å². The molecule has 0 N–H and O–H groups in total. The topological polar surface area (TPSA) is 73.8 Å². The van der Waals surface area contributed by atoms with Crippen molar-refractivity contribution >= 4 is 11.3 Å². The van der Waals surface area contributed by atoms with Crippen LogP contribution in [-0.2, 0) is 13.6 Å². The van der Waals surface area contributed by atoms with Gasteiger partial charge in [-0.3, -0.25) is 4.99 Å². The van der Waals surface area contributed by atoms with Crippen molar-refractivity contribution < 1.29 is 0 Å². The van der Waals surface area contributed by atoms with Crippen LogP contribution in [0, 0.1) is 0 Å². The molecule has 1 aliphatic carbocycles. The fourth-order valence-electron chi connectivity index (χ4n) is 3.33. The smallest absolute Gasteiger partial charge is 0.203 e. The van der Waals surface area contributed by atoms with E-state index in [1.165, 1.54) is 32.1 Å². The highest BCUT2D eigenvalue weighted by Crippen LogP contribution is 2.24. The Morgan fingerprint density at radius 2 is 1.85 bits per heavy atom. The molecule has 0 radical (unpaired) electrons. The van der Waals surface area contributed by atoms with E-state index in [2.05, 4.69) is 32.8 Å². The molecular weight excluding hydrogens is 346 g/mol. The van der Waals surface area contributed by atoms with Crippen molar-refractivity contribution in [2.75, 3.05) is 0 Å². The van der Waals surface area contributed by atoms with Gasteiger partial charge in [-0.05, 0) is 30.2 Å². The van der Waals surface area contributed by atoms with E-state index >= 15 is 0 Å². The van der Waals surface area contributed by atoms with Gasteiger partial charge >= 0.3 is 0 Å². The van der Waals surface area contributed by atoms with E-state index in [0.29, 0.717) is 6.04 Å². The van der Waals surface area contributed by atoms with Crippen LogP contribution >= 0.6 is 11.3 Å². The second kappa shape index (κ2) is 7.49. The van der Waals surface area contributed by atoms with Gasteiger partial charge in [0, 0.05) is 24.7 Å². The first-order valence-corrected chi connectivity index (χ1v) is 10.0. The number of benzene rings is 1. The van der Waals surface area contributed by atoms with Crippen LogP contribution < -0.4 is 4.80 Å². The van der Waals surface area contributed by atoms with Gasteiger partial charge in [0.2, 0.25) is 4.80 Å². The number of tetrazole rings is 1. The van der Waals surface area contributed by atoms with Crippen molar-refractivity contribution in [1.29, 1.82) is 0 Å². The molecule has 3 aromatic rings. The van der Waals surface area contributed by atoms with Crippen molar-refractivity contribution in [3.63, 3.8) is 0 Å². The van der Waals surface area contributed by atoms with Crippen molar-refractivity contribution in [1.82, 2.24) is 30.0 Å². The predicted octanol–water partition coefficient (Wildman–Crippen LogP) is 3.06. The maximum Gasteiger partial charge on any atom is 0.203 e. The first-order chi connectivity index (χ1) is 12.7. The van der Waals surface area contributed by atoms with E-state index in [9.17, 15) is 0 Å². The van der Waals surface area contributed by atoms with E-state index in [1.807, 2.05) is 30.8 Å². The average molecular weight is 369 g/mol. The van der Waals surface area contributed by atoms with Crippen molar-refractivity contribution in [3.8, 4) is 22.0 Å². The van der Waals surface area contributed by atoms with Crippen LogP contribution in [-0.4, -0.2) is 36.0 Å². The minimum absolute atomic E-state index is 0.457. The Kier molecular flexibility index (Phi) is 4.92. The lowest BCUT2D eigenvalue weighted by Crippen LogP contribution is -2.18. The van der Waals surface area contributed by atoms with Gasteiger partial charge in [0.05, 0.1) is 6.04 Å². The zero-order valence-electron chi connectivity index (χ0n) is 15.2. The molecule has 26 heavy (non-hydrogen) atoms. The molecule has 0 saturated heterocycles. The van der Waals surface area contributed by atoms with Gasteiger partial charge in [-0.1, -0.05) is 54.9 Å². The summed E-state index contributed by atoms with van der Waals surface area (Å²) in [5.74, 6) is 0.789. The maximum atomic E-state index is 4.93. The summed E-state index contributed by atoms with van der Waals surface area (Å²) in [6, 6.07) is 8.71. The fourth-order valence-corrected chi connectivity index (χ4v) is 4.30. The Hall–Kier alpha value is -2.35. The predicted molar refractivity (Wildman–Crippen MR) is 101 cm³/mol. The van der Waals surface area contributed by atoms with Crippen LogP contribution in [0.5, 0.6) is 0 Å².